The summed E-state index contributed by atoms with van der Waals surface area (Å²) in [6.07, 6.45) is 5.88. The molecule has 0 aliphatic carbocycles. The minimum Gasteiger partial charge on any atom is -0.381 e. The first-order valence-corrected chi connectivity index (χ1v) is 8.39. The molecule has 0 bridgehead atoms. The fraction of sp³-hybridized carbons (Fsp3) is 0.529. The first kappa shape index (κ1) is 14.7. The molecule has 2 saturated heterocycles. The van der Waals surface area contributed by atoms with E-state index in [0.717, 1.165) is 62.0 Å². The summed E-state index contributed by atoms with van der Waals surface area (Å²) in [5, 5.41) is 11.1. The third-order valence-corrected chi connectivity index (χ3v) is 4.97. The monoisotopic (exact) mass is 314 g/mol. The highest BCUT2D eigenvalue weighted by molar-refractivity contribution is 5.96. The summed E-state index contributed by atoms with van der Waals surface area (Å²) in [4.78, 5) is 15.1. The lowest BCUT2D eigenvalue weighted by atomic mass is 10.1. The van der Waals surface area contributed by atoms with Gasteiger partial charge in [-0.2, -0.15) is 5.10 Å². The first-order chi connectivity index (χ1) is 11.3. The Hall–Kier alpha value is -1.92. The molecular formula is C17H22N4O2. The Balaban J connectivity index is 1.46. The maximum Gasteiger partial charge on any atom is 0.241 e. The molecule has 2 aliphatic heterocycles. The number of nitrogens with zero attached hydrogens (tertiary/aromatic N) is 2. The standard InChI is InChI=1S/C17H22N4O2/c22-17(19-13-4-3-12-11-18-20-15(12)10-13)16-2-1-7-21(16)14-5-8-23-9-6-14/h3-4,10-11,14,16H,1-2,5-9H2,(H,18,20)(H,19,22). The number of fused-ring (bicyclic) bond motifs is 1. The number of carbonyl (C=O) groups excluding carboxylic acids is 1. The highest BCUT2D eigenvalue weighted by Gasteiger charge is 2.35. The number of aromatic amines is 1. The molecule has 2 N–H and O–H groups in total. The second kappa shape index (κ2) is 6.29. The number of carbonyl (C=O) groups is 1. The number of ether oxygens (including phenoxy) is 1. The van der Waals surface area contributed by atoms with E-state index >= 15 is 0 Å². The number of hydrogen-bond donors (Lipinski definition) is 2. The molecule has 122 valence electrons. The van der Waals surface area contributed by atoms with Crippen LogP contribution in [-0.4, -0.2) is 52.8 Å². The Bertz CT molecular complexity index is 693. The van der Waals surface area contributed by atoms with Crippen LogP contribution in [0.15, 0.2) is 24.4 Å². The van der Waals surface area contributed by atoms with Crippen molar-refractivity contribution in [3.05, 3.63) is 24.4 Å². The Kier molecular flexibility index (Phi) is 4.01. The van der Waals surface area contributed by atoms with Crippen LogP contribution < -0.4 is 5.32 Å². The quantitative estimate of drug-likeness (QED) is 0.910. The molecule has 2 aromatic rings. The predicted molar refractivity (Wildman–Crippen MR) is 88.3 cm³/mol. The average Bonchev–Trinajstić information content (AvgIpc) is 3.24. The van der Waals surface area contributed by atoms with Gasteiger partial charge in [-0.15, -0.1) is 0 Å². The Morgan fingerprint density at radius 3 is 3.04 bits per heavy atom. The molecule has 2 fully saturated rings. The van der Waals surface area contributed by atoms with E-state index in [2.05, 4.69) is 20.4 Å². The minimum atomic E-state index is -0.0180. The minimum absolute atomic E-state index is 0.0180. The Morgan fingerprint density at radius 2 is 2.17 bits per heavy atom. The second-order valence-corrected chi connectivity index (χ2v) is 6.40. The lowest BCUT2D eigenvalue weighted by molar-refractivity contribution is -0.121. The molecule has 3 heterocycles. The average molecular weight is 314 g/mol. The summed E-state index contributed by atoms with van der Waals surface area (Å²) in [6, 6.07) is 6.31. The van der Waals surface area contributed by atoms with Gasteiger partial charge < -0.3 is 10.1 Å². The van der Waals surface area contributed by atoms with Gasteiger partial charge in [0.15, 0.2) is 0 Å². The summed E-state index contributed by atoms with van der Waals surface area (Å²) < 4.78 is 5.45. The van der Waals surface area contributed by atoms with Gasteiger partial charge in [-0.05, 0) is 50.4 Å². The predicted octanol–water partition coefficient (Wildman–Crippen LogP) is 2.14. The lowest BCUT2D eigenvalue weighted by Gasteiger charge is -2.34. The number of H-pyrrole nitrogens is 1. The van der Waals surface area contributed by atoms with Crippen molar-refractivity contribution in [1.82, 2.24) is 15.1 Å². The summed E-state index contributed by atoms with van der Waals surface area (Å²) in [5.41, 5.74) is 1.76. The third kappa shape index (κ3) is 2.96. The second-order valence-electron chi connectivity index (χ2n) is 6.40. The number of likely N-dealkylation sites (tertiary alicyclic amines) is 1. The van der Waals surface area contributed by atoms with Gasteiger partial charge in [0, 0.05) is 30.3 Å². The normalized spacial score (nSPS) is 23.4. The molecule has 1 aromatic carbocycles. The van der Waals surface area contributed by atoms with E-state index in [1.807, 2.05) is 18.2 Å². The summed E-state index contributed by atoms with van der Waals surface area (Å²) in [7, 11) is 0. The third-order valence-electron chi connectivity index (χ3n) is 4.97. The fourth-order valence-electron chi connectivity index (χ4n) is 3.76. The number of anilines is 1. The van der Waals surface area contributed by atoms with E-state index in [-0.39, 0.29) is 11.9 Å². The van der Waals surface area contributed by atoms with Gasteiger partial charge in [0.05, 0.1) is 17.8 Å². The molecule has 0 saturated carbocycles. The lowest BCUT2D eigenvalue weighted by Crippen LogP contribution is -2.47. The highest BCUT2D eigenvalue weighted by Crippen LogP contribution is 2.26. The van der Waals surface area contributed by atoms with Crippen molar-refractivity contribution >= 4 is 22.5 Å². The van der Waals surface area contributed by atoms with E-state index < -0.39 is 0 Å². The highest BCUT2D eigenvalue weighted by atomic mass is 16.5. The largest absolute Gasteiger partial charge is 0.381 e. The van der Waals surface area contributed by atoms with Crippen LogP contribution in [0.25, 0.3) is 10.9 Å². The van der Waals surface area contributed by atoms with Gasteiger partial charge in [-0.1, -0.05) is 0 Å². The van der Waals surface area contributed by atoms with E-state index in [9.17, 15) is 4.79 Å². The van der Waals surface area contributed by atoms with Crippen LogP contribution in [0, 0.1) is 0 Å². The van der Waals surface area contributed by atoms with Crippen molar-refractivity contribution in [2.24, 2.45) is 0 Å². The zero-order valence-electron chi connectivity index (χ0n) is 13.1. The summed E-state index contributed by atoms with van der Waals surface area (Å²) in [6.45, 7) is 2.64. The van der Waals surface area contributed by atoms with E-state index in [1.54, 1.807) is 6.20 Å². The van der Waals surface area contributed by atoms with Gasteiger partial charge >= 0.3 is 0 Å². The zero-order valence-corrected chi connectivity index (χ0v) is 13.1. The van der Waals surface area contributed by atoms with Gasteiger partial charge in [-0.25, -0.2) is 0 Å². The maximum atomic E-state index is 12.7. The fourth-order valence-corrected chi connectivity index (χ4v) is 3.76. The van der Waals surface area contributed by atoms with E-state index in [0.29, 0.717) is 6.04 Å². The topological polar surface area (TPSA) is 70.2 Å². The van der Waals surface area contributed by atoms with Crippen molar-refractivity contribution in [1.29, 1.82) is 0 Å². The SMILES string of the molecule is O=C(Nc1ccc2cn[nH]c2c1)C1CCCN1C1CCOCC1. The van der Waals surface area contributed by atoms with Crippen LogP contribution in [0.4, 0.5) is 5.69 Å². The first-order valence-electron chi connectivity index (χ1n) is 8.39. The van der Waals surface area contributed by atoms with Gasteiger partial charge in [0.25, 0.3) is 0 Å². The van der Waals surface area contributed by atoms with E-state index in [1.165, 1.54) is 0 Å². The van der Waals surface area contributed by atoms with Gasteiger partial charge in [0.2, 0.25) is 5.91 Å². The van der Waals surface area contributed by atoms with Crippen LogP contribution in [0.5, 0.6) is 0 Å². The molecule has 23 heavy (non-hydrogen) atoms. The molecular weight excluding hydrogens is 292 g/mol. The van der Waals surface area contributed by atoms with Crippen LogP contribution in [0.3, 0.4) is 0 Å². The number of benzene rings is 1. The zero-order chi connectivity index (χ0) is 15.6. The summed E-state index contributed by atoms with van der Waals surface area (Å²) in [5.74, 6) is 0.104. The molecule has 6 heteroatoms. The van der Waals surface area contributed by atoms with Crippen molar-refractivity contribution in [2.75, 3.05) is 25.1 Å². The molecule has 1 amide bonds. The van der Waals surface area contributed by atoms with Crippen LogP contribution in [-0.2, 0) is 9.53 Å². The molecule has 4 rings (SSSR count). The number of aromatic nitrogens is 2. The van der Waals surface area contributed by atoms with Crippen LogP contribution >= 0.6 is 0 Å². The maximum absolute atomic E-state index is 12.7. The smallest absolute Gasteiger partial charge is 0.241 e. The molecule has 6 nitrogen and oxygen atoms in total. The molecule has 0 radical (unpaired) electrons. The molecule has 1 aromatic heterocycles. The van der Waals surface area contributed by atoms with Crippen LogP contribution in [0.1, 0.15) is 25.7 Å². The number of hydrogen-bond acceptors (Lipinski definition) is 4. The number of nitrogens with one attached hydrogen (secondary N) is 2. The van der Waals surface area contributed by atoms with Crippen molar-refractivity contribution in [3.63, 3.8) is 0 Å². The Labute approximate surface area is 135 Å². The molecule has 0 spiro atoms. The number of rotatable bonds is 3. The van der Waals surface area contributed by atoms with Crippen LogP contribution in [0.2, 0.25) is 0 Å². The Morgan fingerprint density at radius 1 is 1.30 bits per heavy atom. The van der Waals surface area contributed by atoms with Crippen molar-refractivity contribution in [2.45, 2.75) is 37.8 Å². The van der Waals surface area contributed by atoms with Crippen molar-refractivity contribution in [3.8, 4) is 0 Å². The molecule has 1 unspecified atom stereocenters. The molecule has 1 atom stereocenters. The molecule has 2 aliphatic rings. The van der Waals surface area contributed by atoms with E-state index in [4.69, 9.17) is 4.74 Å². The van der Waals surface area contributed by atoms with Gasteiger partial charge in [-0.3, -0.25) is 14.8 Å². The summed E-state index contributed by atoms with van der Waals surface area (Å²) >= 11 is 0. The number of amides is 1. The van der Waals surface area contributed by atoms with Crippen molar-refractivity contribution < 1.29 is 9.53 Å². The van der Waals surface area contributed by atoms with Gasteiger partial charge in [0.1, 0.15) is 0 Å².